The summed E-state index contributed by atoms with van der Waals surface area (Å²) in [5, 5.41) is 0.495. The molecule has 124 valence electrons. The van der Waals surface area contributed by atoms with E-state index in [1.807, 2.05) is 30.3 Å². The predicted octanol–water partition coefficient (Wildman–Crippen LogP) is 3.61. The first-order valence-electron chi connectivity index (χ1n) is 7.20. The van der Waals surface area contributed by atoms with Gasteiger partial charge in [0.25, 0.3) is 0 Å². The van der Waals surface area contributed by atoms with Crippen molar-refractivity contribution in [2.24, 2.45) is 0 Å². The molecule has 1 N–H and O–H groups in total. The molecule has 0 amide bonds. The van der Waals surface area contributed by atoms with Crippen LogP contribution in [0.2, 0.25) is 5.02 Å². The van der Waals surface area contributed by atoms with Crippen molar-refractivity contribution in [1.29, 1.82) is 0 Å². The van der Waals surface area contributed by atoms with E-state index in [-0.39, 0.29) is 11.5 Å². The third kappa shape index (κ3) is 5.62. The molecular weight excluding hydrogens is 334 g/mol. The van der Waals surface area contributed by atoms with E-state index in [4.69, 9.17) is 16.3 Å². The zero-order chi connectivity index (χ0) is 16.9. The fourth-order valence-corrected chi connectivity index (χ4v) is 3.59. The number of hydrogen-bond acceptors (Lipinski definition) is 3. The Labute approximate surface area is 142 Å². The maximum Gasteiger partial charge on any atom is 0.241 e. The van der Waals surface area contributed by atoms with Gasteiger partial charge in [0, 0.05) is 5.02 Å². The fourth-order valence-electron chi connectivity index (χ4n) is 2.06. The van der Waals surface area contributed by atoms with Crippen molar-refractivity contribution in [1.82, 2.24) is 4.72 Å². The summed E-state index contributed by atoms with van der Waals surface area (Å²) in [6.45, 7) is 4.26. The number of halogens is 1. The lowest BCUT2D eigenvalue weighted by Gasteiger charge is -2.25. The van der Waals surface area contributed by atoms with Crippen LogP contribution in [-0.4, -0.2) is 20.6 Å². The molecule has 0 spiro atoms. The molecule has 4 nitrogen and oxygen atoms in total. The second-order valence-corrected chi connectivity index (χ2v) is 8.04. The third-order valence-corrected chi connectivity index (χ3v) is 5.08. The van der Waals surface area contributed by atoms with E-state index in [0.29, 0.717) is 11.6 Å². The number of hydrogen-bond donors (Lipinski definition) is 1. The predicted molar refractivity (Wildman–Crippen MR) is 92.0 cm³/mol. The van der Waals surface area contributed by atoms with Gasteiger partial charge in [0.1, 0.15) is 0 Å². The highest BCUT2D eigenvalue weighted by Gasteiger charge is 2.26. The summed E-state index contributed by atoms with van der Waals surface area (Å²) in [4.78, 5) is 0.179. The van der Waals surface area contributed by atoms with Gasteiger partial charge in [-0.05, 0) is 43.7 Å². The van der Waals surface area contributed by atoms with Crippen LogP contribution < -0.4 is 4.72 Å². The van der Waals surface area contributed by atoms with E-state index >= 15 is 0 Å². The Kier molecular flexibility index (Phi) is 5.81. The monoisotopic (exact) mass is 353 g/mol. The minimum atomic E-state index is -3.62. The SMILES string of the molecule is CC(C)(COCc1ccccc1)NS(=O)(=O)c1ccc(Cl)cc1. The second-order valence-electron chi connectivity index (χ2n) is 5.92. The maximum atomic E-state index is 12.4. The minimum Gasteiger partial charge on any atom is -0.375 e. The number of ether oxygens (including phenoxy) is 1. The Morgan fingerprint density at radius 2 is 1.65 bits per heavy atom. The fraction of sp³-hybridized carbons (Fsp3) is 0.294. The van der Waals surface area contributed by atoms with E-state index in [0.717, 1.165) is 5.56 Å². The Balaban J connectivity index is 1.95. The van der Waals surface area contributed by atoms with Crippen LogP contribution >= 0.6 is 11.6 Å². The van der Waals surface area contributed by atoms with Gasteiger partial charge in [0.15, 0.2) is 0 Å². The van der Waals surface area contributed by atoms with Gasteiger partial charge < -0.3 is 4.74 Å². The van der Waals surface area contributed by atoms with E-state index in [1.54, 1.807) is 26.0 Å². The first-order valence-corrected chi connectivity index (χ1v) is 9.06. The molecule has 0 aliphatic heterocycles. The van der Waals surface area contributed by atoms with Crippen LogP contribution in [0.25, 0.3) is 0 Å². The lowest BCUT2D eigenvalue weighted by atomic mass is 10.1. The minimum absolute atomic E-state index is 0.179. The summed E-state index contributed by atoms with van der Waals surface area (Å²) in [7, 11) is -3.62. The second kappa shape index (κ2) is 7.45. The maximum absolute atomic E-state index is 12.4. The lowest BCUT2D eigenvalue weighted by Crippen LogP contribution is -2.46. The molecule has 0 aliphatic rings. The van der Waals surface area contributed by atoms with E-state index in [1.165, 1.54) is 12.1 Å². The van der Waals surface area contributed by atoms with E-state index in [2.05, 4.69) is 4.72 Å². The van der Waals surface area contributed by atoms with Gasteiger partial charge in [0.2, 0.25) is 10.0 Å². The highest BCUT2D eigenvalue weighted by atomic mass is 35.5. The Morgan fingerprint density at radius 1 is 1.04 bits per heavy atom. The standard InChI is InChI=1S/C17H20ClNO3S/c1-17(2,13-22-12-14-6-4-3-5-7-14)19-23(20,21)16-10-8-15(18)9-11-16/h3-11,19H,12-13H2,1-2H3. The first kappa shape index (κ1) is 17.9. The van der Waals surface area contributed by atoms with Crippen molar-refractivity contribution in [2.45, 2.75) is 30.9 Å². The van der Waals surface area contributed by atoms with E-state index in [9.17, 15) is 8.42 Å². The van der Waals surface area contributed by atoms with E-state index < -0.39 is 15.6 Å². The molecule has 0 saturated carbocycles. The summed E-state index contributed by atoms with van der Waals surface area (Å²) >= 11 is 5.79. The van der Waals surface area contributed by atoms with Gasteiger partial charge in [0.05, 0.1) is 23.6 Å². The summed E-state index contributed by atoms with van der Waals surface area (Å²) in [5.41, 5.74) is 0.316. The summed E-state index contributed by atoms with van der Waals surface area (Å²) in [5.74, 6) is 0. The molecule has 23 heavy (non-hydrogen) atoms. The quantitative estimate of drug-likeness (QED) is 0.827. The van der Waals surface area contributed by atoms with Crippen LogP contribution in [0.3, 0.4) is 0 Å². The number of sulfonamides is 1. The van der Waals surface area contributed by atoms with Crippen LogP contribution in [0.4, 0.5) is 0 Å². The van der Waals surface area contributed by atoms with Crippen LogP contribution in [0.1, 0.15) is 19.4 Å². The van der Waals surface area contributed by atoms with Crippen molar-refractivity contribution in [3.05, 3.63) is 65.2 Å². The average Bonchev–Trinajstić information content (AvgIpc) is 2.47. The normalized spacial score (nSPS) is 12.3. The van der Waals surface area contributed by atoms with Crippen LogP contribution in [0, 0.1) is 0 Å². The van der Waals surface area contributed by atoms with Crippen molar-refractivity contribution in [2.75, 3.05) is 6.61 Å². The molecule has 2 aromatic carbocycles. The molecule has 0 aromatic heterocycles. The molecule has 0 unspecified atom stereocenters. The smallest absolute Gasteiger partial charge is 0.241 e. The van der Waals surface area contributed by atoms with Crippen molar-refractivity contribution in [3.8, 4) is 0 Å². The van der Waals surface area contributed by atoms with Gasteiger partial charge in [-0.3, -0.25) is 0 Å². The van der Waals surface area contributed by atoms with Gasteiger partial charge in [-0.2, -0.15) is 0 Å². The molecule has 0 fully saturated rings. The topological polar surface area (TPSA) is 55.4 Å². The average molecular weight is 354 g/mol. The molecule has 0 heterocycles. The Morgan fingerprint density at radius 3 is 2.26 bits per heavy atom. The molecule has 2 aromatic rings. The molecule has 0 aliphatic carbocycles. The Bertz CT molecular complexity index is 728. The summed E-state index contributed by atoms with van der Waals surface area (Å²) < 4.78 is 33.1. The van der Waals surface area contributed by atoms with Gasteiger partial charge >= 0.3 is 0 Å². The van der Waals surface area contributed by atoms with Gasteiger partial charge in [-0.1, -0.05) is 41.9 Å². The van der Waals surface area contributed by atoms with Crippen molar-refractivity contribution in [3.63, 3.8) is 0 Å². The summed E-state index contributed by atoms with van der Waals surface area (Å²) in [6, 6.07) is 15.8. The molecule has 6 heteroatoms. The zero-order valence-corrected chi connectivity index (χ0v) is 14.7. The molecule has 0 bridgehead atoms. The van der Waals surface area contributed by atoms with Gasteiger partial charge in [-0.25, -0.2) is 13.1 Å². The number of benzene rings is 2. The van der Waals surface area contributed by atoms with Crippen molar-refractivity contribution < 1.29 is 13.2 Å². The highest BCUT2D eigenvalue weighted by molar-refractivity contribution is 7.89. The Hall–Kier alpha value is -1.40. The third-order valence-electron chi connectivity index (χ3n) is 3.11. The van der Waals surface area contributed by atoms with Crippen LogP contribution in [0.5, 0.6) is 0 Å². The summed E-state index contributed by atoms with van der Waals surface area (Å²) in [6.07, 6.45) is 0. The van der Waals surface area contributed by atoms with Crippen LogP contribution in [-0.2, 0) is 21.4 Å². The van der Waals surface area contributed by atoms with Crippen LogP contribution in [0.15, 0.2) is 59.5 Å². The lowest BCUT2D eigenvalue weighted by molar-refractivity contribution is 0.0794. The molecule has 2 rings (SSSR count). The number of nitrogens with one attached hydrogen (secondary N) is 1. The molecular formula is C17H20ClNO3S. The molecule has 0 atom stereocenters. The molecule has 0 radical (unpaired) electrons. The van der Waals surface area contributed by atoms with Gasteiger partial charge in [-0.15, -0.1) is 0 Å². The highest BCUT2D eigenvalue weighted by Crippen LogP contribution is 2.17. The molecule has 0 saturated heterocycles. The number of rotatable bonds is 7. The van der Waals surface area contributed by atoms with Crippen molar-refractivity contribution >= 4 is 21.6 Å². The largest absolute Gasteiger partial charge is 0.375 e. The zero-order valence-electron chi connectivity index (χ0n) is 13.1. The first-order chi connectivity index (χ1) is 10.8.